The number of carbonyl (C=O) groups is 1. The number of benzene rings is 1. The van der Waals surface area contributed by atoms with E-state index in [4.69, 9.17) is 4.74 Å². The Morgan fingerprint density at radius 1 is 1.24 bits per heavy atom. The molecule has 1 heterocycles. The minimum atomic E-state index is -0.900. The normalized spacial score (nSPS) is 14.0. The third-order valence-corrected chi connectivity index (χ3v) is 3.58. The number of ether oxygens (including phenoxy) is 1. The molecule has 1 N–H and O–H groups in total. The van der Waals surface area contributed by atoms with Crippen molar-refractivity contribution in [2.24, 2.45) is 0 Å². The Bertz CT molecular complexity index is 660. The van der Waals surface area contributed by atoms with Crippen LogP contribution in [0.25, 0.3) is 11.3 Å². The van der Waals surface area contributed by atoms with Gasteiger partial charge in [-0.3, -0.25) is 4.98 Å². The van der Waals surface area contributed by atoms with E-state index in [-0.39, 0.29) is 0 Å². The van der Waals surface area contributed by atoms with Crippen LogP contribution in [0.1, 0.15) is 41.7 Å². The van der Waals surface area contributed by atoms with Crippen molar-refractivity contribution >= 4 is 5.97 Å². The molecular formula is C17H17NO3. The van der Waals surface area contributed by atoms with Gasteiger partial charge in [0.05, 0.1) is 23.6 Å². The van der Waals surface area contributed by atoms with Crippen LogP contribution in [0.5, 0.6) is 5.75 Å². The van der Waals surface area contributed by atoms with E-state index in [2.05, 4.69) is 4.98 Å². The fourth-order valence-corrected chi connectivity index (χ4v) is 2.37. The van der Waals surface area contributed by atoms with Crippen molar-refractivity contribution in [1.82, 2.24) is 4.98 Å². The van der Waals surface area contributed by atoms with Crippen LogP contribution in [0.4, 0.5) is 0 Å². The summed E-state index contributed by atoms with van der Waals surface area (Å²) in [5.41, 5.74) is 2.82. The summed E-state index contributed by atoms with van der Waals surface area (Å²) in [5.74, 6) is 0.229. The van der Waals surface area contributed by atoms with Gasteiger partial charge in [0.25, 0.3) is 0 Å². The zero-order valence-corrected chi connectivity index (χ0v) is 11.9. The van der Waals surface area contributed by atoms with Gasteiger partial charge in [-0.15, -0.1) is 0 Å². The fraction of sp³-hybridized carbons (Fsp3) is 0.294. The number of carboxylic acid groups (broad SMARTS) is 1. The zero-order valence-electron chi connectivity index (χ0n) is 11.9. The second kappa shape index (κ2) is 5.56. The number of pyridine rings is 1. The van der Waals surface area contributed by atoms with Crippen molar-refractivity contribution in [2.45, 2.75) is 25.7 Å². The monoisotopic (exact) mass is 283 g/mol. The average molecular weight is 283 g/mol. The summed E-state index contributed by atoms with van der Waals surface area (Å²) in [7, 11) is 0. The number of aromatic carboxylic acids is 1. The Labute approximate surface area is 123 Å². The first-order valence-electron chi connectivity index (χ1n) is 7.16. The quantitative estimate of drug-likeness (QED) is 0.908. The van der Waals surface area contributed by atoms with Crippen LogP contribution in [0.15, 0.2) is 36.4 Å². The van der Waals surface area contributed by atoms with Gasteiger partial charge < -0.3 is 9.84 Å². The molecule has 108 valence electrons. The van der Waals surface area contributed by atoms with E-state index < -0.39 is 5.97 Å². The number of rotatable bonds is 5. The molecule has 0 saturated heterocycles. The molecule has 1 aliphatic rings. The molecule has 1 saturated carbocycles. The van der Waals surface area contributed by atoms with Gasteiger partial charge in [-0.1, -0.05) is 0 Å². The Balaban J connectivity index is 1.95. The summed E-state index contributed by atoms with van der Waals surface area (Å²) in [6.45, 7) is 2.58. The number of hydrogen-bond donors (Lipinski definition) is 1. The largest absolute Gasteiger partial charge is 0.494 e. The smallest absolute Gasteiger partial charge is 0.337 e. The van der Waals surface area contributed by atoms with Gasteiger partial charge in [0.2, 0.25) is 0 Å². The van der Waals surface area contributed by atoms with Gasteiger partial charge in [0.1, 0.15) is 5.75 Å². The predicted octanol–water partition coefficient (Wildman–Crippen LogP) is 3.72. The second-order valence-corrected chi connectivity index (χ2v) is 5.17. The van der Waals surface area contributed by atoms with Gasteiger partial charge in [-0.05, 0) is 56.2 Å². The van der Waals surface area contributed by atoms with Crippen LogP contribution < -0.4 is 4.74 Å². The van der Waals surface area contributed by atoms with Crippen LogP contribution in [0.3, 0.4) is 0 Å². The lowest BCUT2D eigenvalue weighted by Crippen LogP contribution is -2.04. The summed E-state index contributed by atoms with van der Waals surface area (Å²) in [6.07, 6.45) is 2.06. The minimum absolute atomic E-state index is 0.304. The minimum Gasteiger partial charge on any atom is -0.494 e. The second-order valence-electron chi connectivity index (χ2n) is 5.17. The Morgan fingerprint density at radius 2 is 1.95 bits per heavy atom. The standard InChI is InChI=1S/C17H17NO3/c1-2-21-13-7-5-11(6-8-13)15-10-9-14(17(19)20)16(18-15)12-3-4-12/h5-10,12H,2-4H2,1H3,(H,19,20). The van der Waals surface area contributed by atoms with E-state index in [1.165, 1.54) is 0 Å². The molecule has 0 amide bonds. The predicted molar refractivity (Wildman–Crippen MR) is 79.8 cm³/mol. The lowest BCUT2D eigenvalue weighted by atomic mass is 10.1. The molecule has 21 heavy (non-hydrogen) atoms. The van der Waals surface area contributed by atoms with E-state index >= 15 is 0 Å². The van der Waals surface area contributed by atoms with E-state index in [1.807, 2.05) is 31.2 Å². The van der Waals surface area contributed by atoms with E-state index in [0.717, 1.165) is 29.8 Å². The number of aromatic nitrogens is 1. The number of nitrogens with zero attached hydrogens (tertiary/aromatic N) is 1. The van der Waals surface area contributed by atoms with Crippen molar-refractivity contribution < 1.29 is 14.6 Å². The molecule has 0 bridgehead atoms. The molecule has 3 rings (SSSR count). The fourth-order valence-electron chi connectivity index (χ4n) is 2.37. The molecule has 1 aromatic carbocycles. The van der Waals surface area contributed by atoms with Crippen LogP contribution >= 0.6 is 0 Å². The SMILES string of the molecule is CCOc1ccc(-c2ccc(C(=O)O)c(C3CC3)n2)cc1. The highest BCUT2D eigenvalue weighted by Crippen LogP contribution is 2.41. The van der Waals surface area contributed by atoms with Gasteiger partial charge in [-0.25, -0.2) is 4.79 Å². The van der Waals surface area contributed by atoms with Crippen molar-refractivity contribution in [3.05, 3.63) is 47.7 Å². The molecule has 1 fully saturated rings. The third-order valence-electron chi connectivity index (χ3n) is 3.58. The summed E-state index contributed by atoms with van der Waals surface area (Å²) in [6, 6.07) is 11.1. The first kappa shape index (κ1) is 13.6. The molecule has 0 spiro atoms. The molecule has 0 aliphatic heterocycles. The van der Waals surface area contributed by atoms with E-state index in [0.29, 0.717) is 23.8 Å². The first-order chi connectivity index (χ1) is 10.2. The van der Waals surface area contributed by atoms with Gasteiger partial charge in [0.15, 0.2) is 0 Å². The number of hydrogen-bond acceptors (Lipinski definition) is 3. The zero-order chi connectivity index (χ0) is 14.8. The Hall–Kier alpha value is -2.36. The van der Waals surface area contributed by atoms with E-state index in [1.54, 1.807) is 12.1 Å². The molecule has 2 aromatic rings. The van der Waals surface area contributed by atoms with Crippen LogP contribution in [0, 0.1) is 0 Å². The lowest BCUT2D eigenvalue weighted by molar-refractivity contribution is 0.0695. The highest BCUT2D eigenvalue weighted by atomic mass is 16.5. The molecule has 1 aliphatic carbocycles. The summed E-state index contributed by atoms with van der Waals surface area (Å²) < 4.78 is 5.42. The van der Waals surface area contributed by atoms with Crippen LogP contribution in [0.2, 0.25) is 0 Å². The molecule has 1 aromatic heterocycles. The topological polar surface area (TPSA) is 59.4 Å². The molecular weight excluding hydrogens is 266 g/mol. The third kappa shape index (κ3) is 2.89. The Morgan fingerprint density at radius 3 is 2.52 bits per heavy atom. The molecule has 0 radical (unpaired) electrons. The highest BCUT2D eigenvalue weighted by Gasteiger charge is 2.30. The highest BCUT2D eigenvalue weighted by molar-refractivity contribution is 5.89. The van der Waals surface area contributed by atoms with Crippen LogP contribution in [-0.2, 0) is 0 Å². The number of carboxylic acids is 1. The maximum atomic E-state index is 11.3. The first-order valence-corrected chi connectivity index (χ1v) is 7.16. The van der Waals surface area contributed by atoms with Crippen LogP contribution in [-0.4, -0.2) is 22.7 Å². The van der Waals surface area contributed by atoms with Gasteiger partial charge >= 0.3 is 5.97 Å². The summed E-state index contributed by atoms with van der Waals surface area (Å²) in [4.78, 5) is 15.8. The summed E-state index contributed by atoms with van der Waals surface area (Å²) in [5, 5.41) is 9.24. The summed E-state index contributed by atoms with van der Waals surface area (Å²) >= 11 is 0. The Kier molecular flexibility index (Phi) is 3.60. The molecule has 0 atom stereocenters. The van der Waals surface area contributed by atoms with Crippen molar-refractivity contribution in [3.8, 4) is 17.0 Å². The maximum Gasteiger partial charge on any atom is 0.337 e. The van der Waals surface area contributed by atoms with Gasteiger partial charge in [0, 0.05) is 11.5 Å². The van der Waals surface area contributed by atoms with Crippen molar-refractivity contribution in [2.75, 3.05) is 6.61 Å². The van der Waals surface area contributed by atoms with E-state index in [9.17, 15) is 9.90 Å². The molecule has 4 heteroatoms. The molecule has 0 unspecified atom stereocenters. The van der Waals surface area contributed by atoms with Crippen molar-refractivity contribution in [1.29, 1.82) is 0 Å². The van der Waals surface area contributed by atoms with Crippen molar-refractivity contribution in [3.63, 3.8) is 0 Å². The molecule has 4 nitrogen and oxygen atoms in total. The lowest BCUT2D eigenvalue weighted by Gasteiger charge is -2.08. The maximum absolute atomic E-state index is 11.3. The average Bonchev–Trinajstić information content (AvgIpc) is 3.32. The van der Waals surface area contributed by atoms with Gasteiger partial charge in [-0.2, -0.15) is 0 Å².